The maximum absolute atomic E-state index is 11.7. The fourth-order valence-corrected chi connectivity index (χ4v) is 2.17. The van der Waals surface area contributed by atoms with Crippen LogP contribution in [0.1, 0.15) is 6.42 Å². The lowest BCUT2D eigenvalue weighted by Gasteiger charge is -2.27. The minimum Gasteiger partial charge on any atom is -0.414 e. The van der Waals surface area contributed by atoms with Crippen LogP contribution in [0.4, 0.5) is 10.5 Å². The molecule has 0 aromatic heterocycles. The van der Waals surface area contributed by atoms with E-state index in [0.29, 0.717) is 6.54 Å². The number of anilines is 1. The molecule has 16 heavy (non-hydrogen) atoms. The Kier molecular flexibility index (Phi) is 3.86. The molecule has 1 aliphatic heterocycles. The Morgan fingerprint density at radius 3 is 2.62 bits per heavy atom. The first-order valence-corrected chi connectivity index (χ1v) is 6.79. The highest BCUT2D eigenvalue weighted by atomic mass is 127. The van der Waals surface area contributed by atoms with Gasteiger partial charge in [-0.1, -0.05) is 15.9 Å². The van der Waals surface area contributed by atoms with Crippen LogP contribution in [0.3, 0.4) is 0 Å². The van der Waals surface area contributed by atoms with Crippen molar-refractivity contribution in [3.8, 4) is 0 Å². The standard InChI is InChI=1S/C11H9BrINO2/c12-8-1-3-9(4-2-8)14-6-5-10(7-13)16-11(14)15/h1-4,7H,5-6H2/b10-7+. The maximum atomic E-state index is 11.7. The Balaban J connectivity index is 2.17. The highest BCUT2D eigenvalue weighted by Gasteiger charge is 2.24. The molecule has 0 N–H and O–H groups in total. The molecule has 0 spiro atoms. The predicted molar refractivity (Wildman–Crippen MR) is 74.7 cm³/mol. The lowest BCUT2D eigenvalue weighted by molar-refractivity contribution is 0.172. The Bertz CT molecular complexity index is 430. The minimum absolute atomic E-state index is 0.309. The first-order valence-electron chi connectivity index (χ1n) is 4.75. The lowest BCUT2D eigenvalue weighted by Crippen LogP contribution is -2.36. The van der Waals surface area contributed by atoms with Gasteiger partial charge < -0.3 is 4.74 Å². The number of benzene rings is 1. The maximum Gasteiger partial charge on any atom is 0.419 e. The number of hydrogen-bond acceptors (Lipinski definition) is 2. The summed E-state index contributed by atoms with van der Waals surface area (Å²) in [5, 5.41) is 0. The highest BCUT2D eigenvalue weighted by Crippen LogP contribution is 2.24. The SMILES string of the molecule is O=C1O/C(=C/I)CCN1c1ccc(Br)cc1. The molecule has 1 fully saturated rings. The molecule has 0 saturated carbocycles. The molecule has 0 unspecified atom stereocenters. The van der Waals surface area contributed by atoms with Gasteiger partial charge in [0.2, 0.25) is 0 Å². The molecule has 1 aromatic rings. The second-order valence-corrected chi connectivity index (χ2v) is 4.86. The highest BCUT2D eigenvalue weighted by molar-refractivity contribution is 14.1. The largest absolute Gasteiger partial charge is 0.419 e. The van der Waals surface area contributed by atoms with Gasteiger partial charge in [0.25, 0.3) is 0 Å². The molecule has 1 aliphatic rings. The van der Waals surface area contributed by atoms with E-state index < -0.39 is 0 Å². The molecule has 3 nitrogen and oxygen atoms in total. The monoisotopic (exact) mass is 393 g/mol. The van der Waals surface area contributed by atoms with Crippen LogP contribution in [0.2, 0.25) is 0 Å². The first kappa shape index (κ1) is 11.9. The zero-order chi connectivity index (χ0) is 11.5. The van der Waals surface area contributed by atoms with E-state index in [1.807, 2.05) is 24.3 Å². The van der Waals surface area contributed by atoms with Gasteiger partial charge in [0.1, 0.15) is 5.76 Å². The van der Waals surface area contributed by atoms with Gasteiger partial charge in [0.15, 0.2) is 0 Å². The molecular formula is C11H9BrINO2. The quantitative estimate of drug-likeness (QED) is 0.673. The fourth-order valence-electron chi connectivity index (χ4n) is 1.46. The van der Waals surface area contributed by atoms with Gasteiger partial charge in [-0.15, -0.1) is 0 Å². The normalized spacial score (nSPS) is 18.8. The molecule has 84 valence electrons. The van der Waals surface area contributed by atoms with Gasteiger partial charge in [-0.05, 0) is 46.9 Å². The summed E-state index contributed by atoms with van der Waals surface area (Å²) in [5.74, 6) is 0.735. The van der Waals surface area contributed by atoms with Gasteiger partial charge in [-0.25, -0.2) is 4.79 Å². The second-order valence-electron chi connectivity index (χ2n) is 3.32. The van der Waals surface area contributed by atoms with E-state index >= 15 is 0 Å². The van der Waals surface area contributed by atoms with Crippen molar-refractivity contribution in [1.82, 2.24) is 0 Å². The van der Waals surface area contributed by atoms with Crippen molar-refractivity contribution in [2.75, 3.05) is 11.4 Å². The van der Waals surface area contributed by atoms with Crippen molar-refractivity contribution < 1.29 is 9.53 Å². The number of hydrogen-bond donors (Lipinski definition) is 0. The summed E-state index contributed by atoms with van der Waals surface area (Å²) in [6.07, 6.45) is 0.446. The zero-order valence-corrected chi connectivity index (χ0v) is 12.1. The third kappa shape index (κ3) is 2.57. The third-order valence-electron chi connectivity index (χ3n) is 2.28. The van der Waals surface area contributed by atoms with E-state index in [0.717, 1.165) is 22.3 Å². The van der Waals surface area contributed by atoms with Crippen LogP contribution in [-0.2, 0) is 4.74 Å². The molecule has 1 aromatic carbocycles. The molecule has 0 bridgehead atoms. The number of carbonyl (C=O) groups is 1. The fraction of sp³-hybridized carbons (Fsp3) is 0.182. The minimum atomic E-state index is -0.309. The van der Waals surface area contributed by atoms with Crippen molar-refractivity contribution >= 4 is 50.3 Å². The van der Waals surface area contributed by atoms with E-state index in [9.17, 15) is 4.79 Å². The van der Waals surface area contributed by atoms with Crippen molar-refractivity contribution in [2.24, 2.45) is 0 Å². The Morgan fingerprint density at radius 1 is 1.38 bits per heavy atom. The van der Waals surface area contributed by atoms with Gasteiger partial charge in [-0.3, -0.25) is 4.90 Å². The average molecular weight is 394 g/mol. The molecule has 2 rings (SSSR count). The summed E-state index contributed by atoms with van der Waals surface area (Å²) in [5.41, 5.74) is 0.862. The van der Waals surface area contributed by atoms with E-state index in [1.165, 1.54) is 0 Å². The third-order valence-corrected chi connectivity index (χ3v) is 3.50. The zero-order valence-electron chi connectivity index (χ0n) is 8.32. The van der Waals surface area contributed by atoms with Crippen molar-refractivity contribution in [3.63, 3.8) is 0 Å². The molecule has 1 saturated heterocycles. The molecule has 1 heterocycles. The van der Waals surface area contributed by atoms with Crippen LogP contribution >= 0.6 is 38.5 Å². The van der Waals surface area contributed by atoms with Crippen LogP contribution in [0, 0.1) is 0 Å². The van der Waals surface area contributed by atoms with E-state index in [4.69, 9.17) is 4.74 Å². The predicted octanol–water partition coefficient (Wildman–Crippen LogP) is 4.07. The summed E-state index contributed by atoms with van der Waals surface area (Å²) in [7, 11) is 0. The van der Waals surface area contributed by atoms with Crippen LogP contribution in [0.5, 0.6) is 0 Å². The lowest BCUT2D eigenvalue weighted by atomic mass is 10.2. The topological polar surface area (TPSA) is 29.5 Å². The Morgan fingerprint density at radius 2 is 2.06 bits per heavy atom. The molecule has 5 heteroatoms. The first-order chi connectivity index (χ1) is 7.70. The molecule has 1 amide bonds. The van der Waals surface area contributed by atoms with E-state index in [1.54, 1.807) is 8.98 Å². The molecular weight excluding hydrogens is 385 g/mol. The number of ether oxygens (including phenoxy) is 1. The number of amides is 1. The van der Waals surface area contributed by atoms with Crippen LogP contribution in [0.25, 0.3) is 0 Å². The number of carbonyl (C=O) groups excluding carboxylic acids is 1. The van der Waals surface area contributed by atoms with E-state index in [2.05, 4.69) is 38.5 Å². The van der Waals surface area contributed by atoms with Crippen molar-refractivity contribution in [3.05, 3.63) is 38.6 Å². The summed E-state index contributed by atoms with van der Waals surface area (Å²) in [4.78, 5) is 13.3. The summed E-state index contributed by atoms with van der Waals surface area (Å²) >= 11 is 5.44. The van der Waals surface area contributed by atoms with Crippen molar-refractivity contribution in [2.45, 2.75) is 6.42 Å². The molecule has 0 atom stereocenters. The average Bonchev–Trinajstić information content (AvgIpc) is 2.30. The van der Waals surface area contributed by atoms with Crippen LogP contribution < -0.4 is 4.90 Å². The van der Waals surface area contributed by atoms with Gasteiger partial charge in [-0.2, -0.15) is 0 Å². The van der Waals surface area contributed by atoms with Crippen molar-refractivity contribution in [1.29, 1.82) is 0 Å². The van der Waals surface area contributed by atoms with Gasteiger partial charge in [0.05, 0.1) is 0 Å². The number of cyclic esters (lactones) is 1. The smallest absolute Gasteiger partial charge is 0.414 e. The van der Waals surface area contributed by atoms with E-state index in [-0.39, 0.29) is 6.09 Å². The molecule has 0 aliphatic carbocycles. The van der Waals surface area contributed by atoms with Gasteiger partial charge >= 0.3 is 6.09 Å². The number of nitrogens with zero attached hydrogens (tertiary/aromatic N) is 1. The summed E-state index contributed by atoms with van der Waals surface area (Å²) < 4.78 is 7.96. The van der Waals surface area contributed by atoms with Gasteiger partial charge in [0, 0.05) is 27.2 Å². The Labute approximate surface area is 116 Å². The number of rotatable bonds is 1. The second kappa shape index (κ2) is 5.18. The number of halogens is 2. The van der Waals surface area contributed by atoms with Crippen LogP contribution in [-0.4, -0.2) is 12.6 Å². The summed E-state index contributed by atoms with van der Waals surface area (Å²) in [6.45, 7) is 0.662. The van der Waals surface area contributed by atoms with Crippen LogP contribution in [0.15, 0.2) is 38.6 Å². The molecule has 0 radical (unpaired) electrons. The Hall–Kier alpha value is -0.560. The summed E-state index contributed by atoms with van der Waals surface area (Å²) in [6, 6.07) is 7.60.